The maximum absolute atomic E-state index is 11.8. The molecule has 1 atom stereocenters. The molecule has 9 heteroatoms. The largest absolute Gasteiger partial charge is 0.375 e. The standard InChI is InChI=1S/C8H15N3O3S3/c1-6-7(15-8(9)11-6)17(13,14)10-4-3-5-16(2)12/h10H,3-5H2,1-2H3,(H2,9,11). The van der Waals surface area contributed by atoms with E-state index >= 15 is 0 Å². The van der Waals surface area contributed by atoms with Gasteiger partial charge in [0.1, 0.15) is 0 Å². The van der Waals surface area contributed by atoms with Crippen LogP contribution in [0.2, 0.25) is 0 Å². The first-order valence-corrected chi connectivity index (χ1v) is 8.88. The molecule has 3 N–H and O–H groups in total. The van der Waals surface area contributed by atoms with Crippen molar-refractivity contribution in [1.29, 1.82) is 0 Å². The van der Waals surface area contributed by atoms with Crippen LogP contribution in [-0.4, -0.2) is 36.2 Å². The highest BCUT2D eigenvalue weighted by molar-refractivity contribution is 7.91. The summed E-state index contributed by atoms with van der Waals surface area (Å²) in [6.07, 6.45) is 2.12. The molecule has 0 fully saturated rings. The number of aryl methyl sites for hydroxylation is 1. The molecule has 0 aliphatic heterocycles. The molecule has 17 heavy (non-hydrogen) atoms. The zero-order chi connectivity index (χ0) is 13.1. The van der Waals surface area contributed by atoms with Gasteiger partial charge in [0.25, 0.3) is 10.0 Å². The smallest absolute Gasteiger partial charge is 0.252 e. The van der Waals surface area contributed by atoms with Crippen molar-refractivity contribution in [2.24, 2.45) is 0 Å². The van der Waals surface area contributed by atoms with E-state index in [0.29, 0.717) is 17.9 Å². The molecule has 1 unspecified atom stereocenters. The van der Waals surface area contributed by atoms with E-state index in [9.17, 15) is 12.6 Å². The zero-order valence-electron chi connectivity index (χ0n) is 9.60. The zero-order valence-corrected chi connectivity index (χ0v) is 12.0. The van der Waals surface area contributed by atoms with Gasteiger partial charge in [-0.3, -0.25) is 4.21 Å². The Bertz CT molecular complexity index is 509. The molecule has 0 radical (unpaired) electrons. The summed E-state index contributed by atoms with van der Waals surface area (Å²) in [4.78, 5) is 3.86. The van der Waals surface area contributed by atoms with E-state index in [0.717, 1.165) is 11.3 Å². The third-order valence-electron chi connectivity index (χ3n) is 1.92. The van der Waals surface area contributed by atoms with E-state index in [1.54, 1.807) is 13.2 Å². The number of hydrogen-bond acceptors (Lipinski definition) is 6. The van der Waals surface area contributed by atoms with Crippen molar-refractivity contribution >= 4 is 37.3 Å². The number of nitrogens with one attached hydrogen (secondary N) is 1. The molecule has 1 aromatic heterocycles. The Morgan fingerprint density at radius 1 is 1.53 bits per heavy atom. The lowest BCUT2D eigenvalue weighted by molar-refractivity contribution is 0.582. The highest BCUT2D eigenvalue weighted by Crippen LogP contribution is 2.24. The molecule has 1 rings (SSSR count). The van der Waals surface area contributed by atoms with Gasteiger partial charge in [0.2, 0.25) is 0 Å². The van der Waals surface area contributed by atoms with Crippen molar-refractivity contribution in [3.05, 3.63) is 5.69 Å². The molecule has 0 saturated heterocycles. The quantitative estimate of drug-likeness (QED) is 0.724. The van der Waals surface area contributed by atoms with E-state index in [-0.39, 0.29) is 15.9 Å². The number of rotatable bonds is 6. The van der Waals surface area contributed by atoms with Gasteiger partial charge in [-0.25, -0.2) is 18.1 Å². The third-order valence-corrected chi connectivity index (χ3v) is 5.84. The van der Waals surface area contributed by atoms with Gasteiger partial charge in [-0.05, 0) is 13.3 Å². The fraction of sp³-hybridized carbons (Fsp3) is 0.625. The Kier molecular flexibility index (Phi) is 5.04. The van der Waals surface area contributed by atoms with E-state index < -0.39 is 20.8 Å². The summed E-state index contributed by atoms with van der Waals surface area (Å²) in [7, 11) is -4.44. The third kappa shape index (κ3) is 4.34. The molecule has 0 saturated carbocycles. The van der Waals surface area contributed by atoms with Crippen LogP contribution >= 0.6 is 11.3 Å². The van der Waals surface area contributed by atoms with Crippen LogP contribution in [0.15, 0.2) is 4.21 Å². The molecule has 0 aliphatic carbocycles. The Balaban J connectivity index is 2.63. The highest BCUT2D eigenvalue weighted by atomic mass is 32.2. The summed E-state index contributed by atoms with van der Waals surface area (Å²) in [5.41, 5.74) is 5.85. The Labute approximate surface area is 107 Å². The molecule has 0 spiro atoms. The van der Waals surface area contributed by atoms with Crippen LogP contribution in [0.25, 0.3) is 0 Å². The van der Waals surface area contributed by atoms with Crippen LogP contribution in [0.5, 0.6) is 0 Å². The summed E-state index contributed by atoms with van der Waals surface area (Å²) >= 11 is 0.942. The summed E-state index contributed by atoms with van der Waals surface area (Å²) in [6, 6.07) is 0. The molecule has 0 amide bonds. The highest BCUT2D eigenvalue weighted by Gasteiger charge is 2.20. The van der Waals surface area contributed by atoms with E-state index in [1.165, 1.54) is 0 Å². The summed E-state index contributed by atoms with van der Waals surface area (Å²) in [5.74, 6) is 0.479. The monoisotopic (exact) mass is 297 g/mol. The average molecular weight is 297 g/mol. The lowest BCUT2D eigenvalue weighted by atomic mass is 10.5. The van der Waals surface area contributed by atoms with Gasteiger partial charge < -0.3 is 5.73 Å². The second-order valence-corrected chi connectivity index (χ2v) is 8.00. The normalized spacial score (nSPS) is 13.8. The minimum Gasteiger partial charge on any atom is -0.375 e. The van der Waals surface area contributed by atoms with E-state index in [4.69, 9.17) is 5.73 Å². The van der Waals surface area contributed by atoms with Crippen molar-refractivity contribution in [3.63, 3.8) is 0 Å². The van der Waals surface area contributed by atoms with Crippen molar-refractivity contribution in [1.82, 2.24) is 9.71 Å². The number of thiazole rings is 1. The first-order chi connectivity index (χ1) is 7.83. The lowest BCUT2D eigenvalue weighted by Crippen LogP contribution is -2.25. The van der Waals surface area contributed by atoms with Crippen molar-refractivity contribution in [3.8, 4) is 0 Å². The topological polar surface area (TPSA) is 102 Å². The van der Waals surface area contributed by atoms with Crippen LogP contribution in [-0.2, 0) is 20.8 Å². The Hall–Kier alpha value is -0.510. The van der Waals surface area contributed by atoms with E-state index in [1.807, 2.05) is 0 Å². The predicted octanol–water partition coefficient (Wildman–Crippen LogP) is 0.0806. The molecular formula is C8H15N3O3S3. The van der Waals surface area contributed by atoms with Gasteiger partial charge in [0, 0.05) is 29.4 Å². The van der Waals surface area contributed by atoms with E-state index in [2.05, 4.69) is 9.71 Å². The molecule has 1 heterocycles. The molecular weight excluding hydrogens is 282 g/mol. The SMILES string of the molecule is Cc1nc(N)sc1S(=O)(=O)NCCCS(C)=O. The molecule has 0 aromatic carbocycles. The number of sulfonamides is 1. The maximum Gasteiger partial charge on any atom is 0.252 e. The number of nitrogens with two attached hydrogens (primary N) is 1. The number of aromatic nitrogens is 1. The van der Waals surface area contributed by atoms with Crippen molar-refractivity contribution in [2.75, 3.05) is 24.3 Å². The fourth-order valence-corrected chi connectivity index (χ4v) is 4.17. The second kappa shape index (κ2) is 5.89. The molecule has 0 aliphatic rings. The predicted molar refractivity (Wildman–Crippen MR) is 70.0 cm³/mol. The Morgan fingerprint density at radius 3 is 2.65 bits per heavy atom. The van der Waals surface area contributed by atoms with Crippen molar-refractivity contribution in [2.45, 2.75) is 17.6 Å². The lowest BCUT2D eigenvalue weighted by Gasteiger charge is -2.04. The van der Waals surface area contributed by atoms with Gasteiger partial charge in [-0.15, -0.1) is 0 Å². The van der Waals surface area contributed by atoms with Crippen LogP contribution in [0.3, 0.4) is 0 Å². The molecule has 1 aromatic rings. The fourth-order valence-electron chi connectivity index (χ4n) is 1.20. The summed E-state index contributed by atoms with van der Waals surface area (Å²) < 4.78 is 37.1. The molecule has 98 valence electrons. The number of nitrogen functional groups attached to an aromatic ring is 1. The van der Waals surface area contributed by atoms with Crippen molar-refractivity contribution < 1.29 is 12.6 Å². The molecule has 6 nitrogen and oxygen atoms in total. The van der Waals surface area contributed by atoms with Crippen LogP contribution < -0.4 is 10.5 Å². The summed E-state index contributed by atoms with van der Waals surface area (Å²) in [5, 5.41) is 0.234. The maximum atomic E-state index is 11.8. The minimum atomic E-state index is -3.54. The number of hydrogen-bond donors (Lipinski definition) is 2. The first kappa shape index (κ1) is 14.6. The van der Waals surface area contributed by atoms with Gasteiger partial charge in [0.05, 0.1) is 5.69 Å². The first-order valence-electron chi connectivity index (χ1n) is 4.85. The van der Waals surface area contributed by atoms with Crippen LogP contribution in [0.4, 0.5) is 5.13 Å². The average Bonchev–Trinajstić information content (AvgIpc) is 2.53. The van der Waals surface area contributed by atoms with Crippen LogP contribution in [0.1, 0.15) is 12.1 Å². The Morgan fingerprint density at radius 2 is 2.18 bits per heavy atom. The van der Waals surface area contributed by atoms with Crippen LogP contribution in [0, 0.1) is 6.92 Å². The molecule has 0 bridgehead atoms. The number of nitrogens with zero attached hydrogens (tertiary/aromatic N) is 1. The van der Waals surface area contributed by atoms with Gasteiger partial charge in [-0.2, -0.15) is 0 Å². The van der Waals surface area contributed by atoms with Gasteiger partial charge in [0.15, 0.2) is 9.34 Å². The second-order valence-electron chi connectivity index (χ2n) is 3.45. The van der Waals surface area contributed by atoms with Gasteiger partial charge in [-0.1, -0.05) is 11.3 Å². The minimum absolute atomic E-state index is 0.146. The number of anilines is 1. The summed E-state index contributed by atoms with van der Waals surface area (Å²) in [6.45, 7) is 1.86. The van der Waals surface area contributed by atoms with Gasteiger partial charge >= 0.3 is 0 Å².